The molecule has 1 aromatic carbocycles. The molecule has 0 saturated carbocycles. The van der Waals surface area contributed by atoms with E-state index in [9.17, 15) is 0 Å². The first kappa shape index (κ1) is 13.5. The van der Waals surface area contributed by atoms with Crippen LogP contribution in [0.1, 0.15) is 50.0 Å². The summed E-state index contributed by atoms with van der Waals surface area (Å²) < 4.78 is 5.24. The van der Waals surface area contributed by atoms with Gasteiger partial charge in [-0.2, -0.15) is 4.98 Å². The van der Waals surface area contributed by atoms with Crippen molar-refractivity contribution >= 4 is 5.69 Å². The maximum atomic E-state index is 9.11. The minimum Gasteiger partial charge on any atom is -0.392 e. The van der Waals surface area contributed by atoms with E-state index in [1.54, 1.807) is 0 Å². The molecule has 1 aromatic heterocycles. The van der Waals surface area contributed by atoms with Gasteiger partial charge in [0, 0.05) is 11.6 Å². The lowest BCUT2D eigenvalue weighted by atomic mass is 10.2. The Morgan fingerprint density at radius 3 is 2.74 bits per heavy atom. The third kappa shape index (κ3) is 3.32. The molecule has 0 fully saturated rings. The Hall–Kier alpha value is -1.88. The first-order valence-electron chi connectivity index (χ1n) is 6.40. The first-order valence-corrected chi connectivity index (χ1v) is 6.40. The number of anilines is 1. The molecule has 5 heteroatoms. The molecular weight excluding hydrogens is 242 g/mol. The highest BCUT2D eigenvalue weighted by molar-refractivity contribution is 5.46. The van der Waals surface area contributed by atoms with Crippen LogP contribution in [0, 0.1) is 0 Å². The van der Waals surface area contributed by atoms with Crippen molar-refractivity contribution in [3.8, 4) is 0 Å². The molecule has 0 radical (unpaired) electrons. The lowest BCUT2D eigenvalue weighted by molar-refractivity contribution is 0.282. The minimum atomic E-state index is -0.0751. The highest BCUT2D eigenvalue weighted by Gasteiger charge is 2.15. The van der Waals surface area contributed by atoms with Crippen LogP contribution in [0.2, 0.25) is 0 Å². The van der Waals surface area contributed by atoms with Gasteiger partial charge < -0.3 is 14.9 Å². The molecule has 0 aliphatic heterocycles. The number of nitrogens with zero attached hydrogens (tertiary/aromatic N) is 2. The molecule has 0 amide bonds. The summed E-state index contributed by atoms with van der Waals surface area (Å²) in [6.07, 6.45) is 0. The van der Waals surface area contributed by atoms with Gasteiger partial charge in [-0.1, -0.05) is 31.1 Å². The summed E-state index contributed by atoms with van der Waals surface area (Å²) in [6, 6.07) is 7.54. The van der Waals surface area contributed by atoms with E-state index in [0.29, 0.717) is 11.7 Å². The third-order valence-corrected chi connectivity index (χ3v) is 2.84. The highest BCUT2D eigenvalue weighted by atomic mass is 16.5. The van der Waals surface area contributed by atoms with Gasteiger partial charge in [0.15, 0.2) is 5.82 Å². The van der Waals surface area contributed by atoms with Crippen LogP contribution >= 0.6 is 0 Å². The molecule has 0 bridgehead atoms. The number of aliphatic hydroxyl groups is 1. The van der Waals surface area contributed by atoms with Crippen LogP contribution in [0.25, 0.3) is 0 Å². The fourth-order valence-corrected chi connectivity index (χ4v) is 1.73. The molecule has 2 rings (SSSR count). The fourth-order valence-electron chi connectivity index (χ4n) is 1.73. The van der Waals surface area contributed by atoms with Crippen LogP contribution in [0.3, 0.4) is 0 Å². The van der Waals surface area contributed by atoms with Gasteiger partial charge in [0.05, 0.1) is 6.61 Å². The average molecular weight is 261 g/mol. The van der Waals surface area contributed by atoms with E-state index in [2.05, 4.69) is 15.5 Å². The zero-order valence-electron chi connectivity index (χ0n) is 11.4. The lowest BCUT2D eigenvalue weighted by Gasteiger charge is -2.11. The molecule has 5 nitrogen and oxygen atoms in total. The Labute approximate surface area is 112 Å². The Morgan fingerprint density at radius 1 is 1.32 bits per heavy atom. The Balaban J connectivity index is 2.08. The van der Waals surface area contributed by atoms with Crippen molar-refractivity contribution in [1.82, 2.24) is 10.1 Å². The molecule has 0 aliphatic carbocycles. The van der Waals surface area contributed by atoms with Crippen LogP contribution < -0.4 is 5.32 Å². The van der Waals surface area contributed by atoms with Crippen LogP contribution in [0.15, 0.2) is 28.8 Å². The molecule has 1 unspecified atom stereocenters. The van der Waals surface area contributed by atoms with Gasteiger partial charge in [-0.3, -0.25) is 0 Å². The van der Waals surface area contributed by atoms with E-state index in [1.165, 1.54) is 0 Å². The number of rotatable bonds is 5. The molecule has 0 spiro atoms. The first-order chi connectivity index (χ1) is 9.10. The van der Waals surface area contributed by atoms with Gasteiger partial charge in [-0.15, -0.1) is 0 Å². The quantitative estimate of drug-likeness (QED) is 0.866. The number of aliphatic hydroxyl groups excluding tert-OH is 1. The number of hydrogen-bond donors (Lipinski definition) is 2. The molecule has 19 heavy (non-hydrogen) atoms. The highest BCUT2D eigenvalue weighted by Crippen LogP contribution is 2.20. The minimum absolute atomic E-state index is 0.0297. The Morgan fingerprint density at radius 2 is 2.11 bits per heavy atom. The summed E-state index contributed by atoms with van der Waals surface area (Å²) in [5.41, 5.74) is 1.79. The lowest BCUT2D eigenvalue weighted by Crippen LogP contribution is -2.07. The molecule has 0 saturated heterocycles. The zero-order chi connectivity index (χ0) is 13.8. The van der Waals surface area contributed by atoms with Gasteiger partial charge >= 0.3 is 0 Å². The standard InChI is InChI=1S/C14H19N3O2/c1-9(2)13-16-14(19-17-13)10(3)15-12-6-4-5-11(7-12)8-18/h4-7,9-10,15,18H,8H2,1-3H3. The maximum absolute atomic E-state index is 9.11. The second-order valence-corrected chi connectivity index (χ2v) is 4.87. The van der Waals surface area contributed by atoms with Crippen LogP contribution in [-0.2, 0) is 6.61 Å². The topological polar surface area (TPSA) is 71.2 Å². The van der Waals surface area contributed by atoms with E-state index >= 15 is 0 Å². The number of nitrogens with one attached hydrogen (secondary N) is 1. The normalized spacial score (nSPS) is 12.7. The number of benzene rings is 1. The molecular formula is C14H19N3O2. The van der Waals surface area contributed by atoms with E-state index in [-0.39, 0.29) is 18.6 Å². The van der Waals surface area contributed by atoms with E-state index < -0.39 is 0 Å². The molecule has 0 aliphatic rings. The number of hydrogen-bond acceptors (Lipinski definition) is 5. The summed E-state index contributed by atoms with van der Waals surface area (Å²) >= 11 is 0. The maximum Gasteiger partial charge on any atom is 0.248 e. The zero-order valence-corrected chi connectivity index (χ0v) is 11.4. The average Bonchev–Trinajstić information content (AvgIpc) is 2.89. The van der Waals surface area contributed by atoms with Crippen molar-refractivity contribution in [1.29, 1.82) is 0 Å². The smallest absolute Gasteiger partial charge is 0.248 e. The molecule has 2 N–H and O–H groups in total. The molecule has 1 heterocycles. The van der Waals surface area contributed by atoms with E-state index in [1.807, 2.05) is 45.0 Å². The van der Waals surface area contributed by atoms with Gasteiger partial charge in [-0.05, 0) is 24.6 Å². The Bertz CT molecular complexity index is 537. The summed E-state index contributed by atoms with van der Waals surface area (Å²) in [7, 11) is 0. The van der Waals surface area contributed by atoms with Crippen LogP contribution in [0.4, 0.5) is 5.69 Å². The summed E-state index contributed by atoms with van der Waals surface area (Å²) in [4.78, 5) is 4.36. The Kier molecular flexibility index (Phi) is 4.16. The largest absolute Gasteiger partial charge is 0.392 e. The van der Waals surface area contributed by atoms with E-state index in [0.717, 1.165) is 11.3 Å². The van der Waals surface area contributed by atoms with Crippen molar-refractivity contribution in [2.45, 2.75) is 39.3 Å². The van der Waals surface area contributed by atoms with Crippen LogP contribution in [-0.4, -0.2) is 15.2 Å². The summed E-state index contributed by atoms with van der Waals surface area (Å²) in [6.45, 7) is 6.04. The second-order valence-electron chi connectivity index (χ2n) is 4.87. The van der Waals surface area contributed by atoms with Crippen molar-refractivity contribution in [3.05, 3.63) is 41.5 Å². The van der Waals surface area contributed by atoms with Crippen molar-refractivity contribution in [2.75, 3.05) is 5.32 Å². The SMILES string of the molecule is CC(C)c1noc(C(C)Nc2cccc(CO)c2)n1. The molecule has 1 atom stereocenters. The monoisotopic (exact) mass is 261 g/mol. The van der Waals surface area contributed by atoms with Gasteiger partial charge in [0.1, 0.15) is 6.04 Å². The molecule has 2 aromatic rings. The van der Waals surface area contributed by atoms with E-state index in [4.69, 9.17) is 9.63 Å². The third-order valence-electron chi connectivity index (χ3n) is 2.84. The summed E-state index contributed by atoms with van der Waals surface area (Å²) in [5.74, 6) is 1.54. The predicted octanol–water partition coefficient (Wildman–Crippen LogP) is 2.86. The van der Waals surface area contributed by atoms with Crippen molar-refractivity contribution < 1.29 is 9.63 Å². The van der Waals surface area contributed by atoms with Gasteiger partial charge in [0.2, 0.25) is 5.89 Å². The summed E-state index contributed by atoms with van der Waals surface area (Å²) in [5, 5.41) is 16.3. The van der Waals surface area contributed by atoms with Gasteiger partial charge in [0.25, 0.3) is 0 Å². The van der Waals surface area contributed by atoms with Gasteiger partial charge in [-0.25, -0.2) is 0 Å². The number of aromatic nitrogens is 2. The fraction of sp³-hybridized carbons (Fsp3) is 0.429. The van der Waals surface area contributed by atoms with Crippen molar-refractivity contribution in [2.24, 2.45) is 0 Å². The molecule has 102 valence electrons. The second kappa shape index (κ2) is 5.84. The van der Waals surface area contributed by atoms with Crippen molar-refractivity contribution in [3.63, 3.8) is 0 Å². The van der Waals surface area contributed by atoms with Crippen LogP contribution in [0.5, 0.6) is 0 Å². The predicted molar refractivity (Wildman–Crippen MR) is 72.8 cm³/mol.